The molecule has 9 nitrogen and oxygen atoms in total. The van der Waals surface area contributed by atoms with Crippen molar-refractivity contribution in [2.45, 2.75) is 19.8 Å². The van der Waals surface area contributed by atoms with E-state index in [9.17, 15) is 19.2 Å². The van der Waals surface area contributed by atoms with E-state index in [0.29, 0.717) is 6.42 Å². The number of carboxylic acids is 1. The highest BCUT2D eigenvalue weighted by Crippen LogP contribution is 1.88. The number of carboxylic acid groups (broad SMARTS) is 1. The van der Waals surface area contributed by atoms with Gasteiger partial charge in [0.25, 0.3) is 5.56 Å². The van der Waals surface area contributed by atoms with E-state index in [0.717, 1.165) is 6.42 Å². The number of aromatic nitrogens is 4. The Morgan fingerprint density at radius 2 is 1.61 bits per heavy atom. The lowest BCUT2D eigenvalue weighted by atomic mass is 10.4. The highest BCUT2D eigenvalue weighted by atomic mass is 16.4. The molecule has 2 rings (SSSR count). The van der Waals surface area contributed by atoms with Crippen LogP contribution in [-0.2, 0) is 4.79 Å². The van der Waals surface area contributed by atoms with Gasteiger partial charge in [0.1, 0.15) is 11.2 Å². The molecule has 0 unspecified atom stereocenters. The number of fused-ring (bicyclic) bond motifs is 1. The van der Waals surface area contributed by atoms with Crippen LogP contribution in [0, 0.1) is 0 Å². The van der Waals surface area contributed by atoms with Gasteiger partial charge >= 0.3 is 17.3 Å². The van der Waals surface area contributed by atoms with E-state index in [4.69, 9.17) is 5.11 Å². The van der Waals surface area contributed by atoms with Crippen LogP contribution in [0.3, 0.4) is 0 Å². The van der Waals surface area contributed by atoms with Crippen LogP contribution in [0.5, 0.6) is 0 Å². The lowest BCUT2D eigenvalue weighted by Crippen LogP contribution is -2.21. The minimum atomic E-state index is -0.711. The average molecular weight is 256 g/mol. The molecule has 0 aliphatic heterocycles. The highest BCUT2D eigenvalue weighted by molar-refractivity contribution is 5.67. The highest BCUT2D eigenvalue weighted by Gasteiger charge is 2.02. The zero-order chi connectivity index (χ0) is 13.7. The molecule has 9 heteroatoms. The van der Waals surface area contributed by atoms with Gasteiger partial charge in [-0.25, -0.2) is 9.59 Å². The van der Waals surface area contributed by atoms with Crippen LogP contribution in [0.25, 0.3) is 11.2 Å². The number of aliphatic carboxylic acids is 1. The van der Waals surface area contributed by atoms with Crippen molar-refractivity contribution in [3.8, 4) is 0 Å². The Labute approximate surface area is 98.9 Å². The van der Waals surface area contributed by atoms with Crippen molar-refractivity contribution in [2.75, 3.05) is 0 Å². The molecule has 0 saturated carbocycles. The van der Waals surface area contributed by atoms with Gasteiger partial charge in [-0.3, -0.25) is 29.5 Å². The topological polar surface area (TPSA) is 152 Å². The smallest absolute Gasteiger partial charge is 0.327 e. The van der Waals surface area contributed by atoms with Gasteiger partial charge < -0.3 is 5.11 Å². The fourth-order valence-electron chi connectivity index (χ4n) is 1.17. The molecule has 0 fully saturated rings. The molecule has 0 bridgehead atoms. The molecule has 0 spiro atoms. The summed E-state index contributed by atoms with van der Waals surface area (Å²) in [5.41, 5.74) is -1.65. The van der Waals surface area contributed by atoms with E-state index < -0.39 is 22.9 Å². The maximum absolute atomic E-state index is 10.9. The summed E-state index contributed by atoms with van der Waals surface area (Å²) in [6.07, 6.45) is 1.02. The summed E-state index contributed by atoms with van der Waals surface area (Å²) in [5.74, 6) is -0.711. The third-order valence-electron chi connectivity index (χ3n) is 1.88. The SMILES string of the molecule is CCCC(=O)O.O=c1[nH]c(=O)c2[nH]c(=O)[nH]c2[nH]1. The molecule has 0 amide bonds. The van der Waals surface area contributed by atoms with Crippen molar-refractivity contribution in [3.05, 3.63) is 31.3 Å². The second-order valence-electron chi connectivity index (χ2n) is 3.38. The van der Waals surface area contributed by atoms with Crippen LogP contribution in [0.15, 0.2) is 14.4 Å². The number of hydrogen-bond donors (Lipinski definition) is 5. The third kappa shape index (κ3) is 3.47. The average Bonchev–Trinajstić information content (AvgIpc) is 2.59. The zero-order valence-electron chi connectivity index (χ0n) is 9.49. The van der Waals surface area contributed by atoms with Crippen LogP contribution >= 0.6 is 0 Å². The Morgan fingerprint density at radius 1 is 1.06 bits per heavy atom. The van der Waals surface area contributed by atoms with Gasteiger partial charge in [0.15, 0.2) is 0 Å². The second-order valence-corrected chi connectivity index (χ2v) is 3.38. The van der Waals surface area contributed by atoms with Crippen LogP contribution < -0.4 is 16.9 Å². The minimum absolute atomic E-state index is 0.0413. The van der Waals surface area contributed by atoms with E-state index in [2.05, 4.69) is 15.0 Å². The number of aromatic amines is 4. The van der Waals surface area contributed by atoms with Gasteiger partial charge in [0.2, 0.25) is 0 Å². The maximum atomic E-state index is 10.9. The molecule has 2 aromatic heterocycles. The third-order valence-corrected chi connectivity index (χ3v) is 1.88. The molecule has 2 aromatic rings. The quantitative estimate of drug-likeness (QED) is 0.471. The first-order chi connectivity index (χ1) is 8.43. The number of nitrogens with one attached hydrogen (secondary N) is 4. The Hall–Kier alpha value is -2.58. The first kappa shape index (κ1) is 13.5. The largest absolute Gasteiger partial charge is 0.481 e. The van der Waals surface area contributed by atoms with Gasteiger partial charge in [-0.15, -0.1) is 0 Å². The number of hydrogen-bond acceptors (Lipinski definition) is 4. The maximum Gasteiger partial charge on any atom is 0.327 e. The van der Waals surface area contributed by atoms with Gasteiger partial charge in [0.05, 0.1) is 0 Å². The van der Waals surface area contributed by atoms with Crippen molar-refractivity contribution in [1.82, 2.24) is 19.9 Å². The summed E-state index contributed by atoms with van der Waals surface area (Å²) in [5, 5.41) is 7.91. The molecule has 5 N–H and O–H groups in total. The molecule has 2 heterocycles. The van der Waals surface area contributed by atoms with Crippen LogP contribution in [0.4, 0.5) is 0 Å². The first-order valence-corrected chi connectivity index (χ1v) is 5.10. The van der Waals surface area contributed by atoms with E-state index in [1.54, 1.807) is 0 Å². The molecule has 0 atom stereocenters. The second kappa shape index (κ2) is 5.66. The number of imidazole rings is 1. The molecule has 98 valence electrons. The molecule has 18 heavy (non-hydrogen) atoms. The van der Waals surface area contributed by atoms with Crippen LogP contribution in [0.1, 0.15) is 19.8 Å². The zero-order valence-corrected chi connectivity index (χ0v) is 9.49. The number of H-pyrrole nitrogens is 4. The van der Waals surface area contributed by atoms with E-state index >= 15 is 0 Å². The van der Waals surface area contributed by atoms with Crippen molar-refractivity contribution >= 4 is 17.1 Å². The predicted octanol–water partition coefficient (Wildman–Crippen LogP) is -0.896. The summed E-state index contributed by atoms with van der Waals surface area (Å²) in [4.78, 5) is 50.6. The number of carbonyl (C=O) groups is 1. The van der Waals surface area contributed by atoms with E-state index in [1.807, 2.05) is 11.9 Å². The van der Waals surface area contributed by atoms with Gasteiger partial charge in [-0.2, -0.15) is 0 Å². The Morgan fingerprint density at radius 3 is 2.06 bits per heavy atom. The molecule has 0 saturated heterocycles. The fourth-order valence-corrected chi connectivity index (χ4v) is 1.17. The predicted molar refractivity (Wildman–Crippen MR) is 62.7 cm³/mol. The lowest BCUT2D eigenvalue weighted by molar-refractivity contribution is -0.137. The first-order valence-electron chi connectivity index (χ1n) is 5.10. The monoisotopic (exact) mass is 256 g/mol. The summed E-state index contributed by atoms with van der Waals surface area (Å²) in [6.45, 7) is 1.84. The summed E-state index contributed by atoms with van der Waals surface area (Å²) >= 11 is 0. The Balaban J connectivity index is 0.000000232. The fraction of sp³-hybridized carbons (Fsp3) is 0.333. The van der Waals surface area contributed by atoms with Gasteiger partial charge in [-0.05, 0) is 6.42 Å². The van der Waals surface area contributed by atoms with E-state index in [1.165, 1.54) is 0 Å². The molecule has 0 aliphatic rings. The van der Waals surface area contributed by atoms with Gasteiger partial charge in [-0.1, -0.05) is 6.92 Å². The molecule has 0 aliphatic carbocycles. The van der Waals surface area contributed by atoms with Crippen molar-refractivity contribution in [1.29, 1.82) is 0 Å². The van der Waals surface area contributed by atoms with Crippen LogP contribution in [-0.4, -0.2) is 31.0 Å². The summed E-state index contributed by atoms with van der Waals surface area (Å²) < 4.78 is 0. The molecule has 0 radical (unpaired) electrons. The summed E-state index contributed by atoms with van der Waals surface area (Å²) in [7, 11) is 0. The Bertz CT molecular complexity index is 704. The molecular formula is C9H12N4O5. The molecule has 0 aromatic carbocycles. The van der Waals surface area contributed by atoms with Crippen LogP contribution in [0.2, 0.25) is 0 Å². The number of rotatable bonds is 2. The van der Waals surface area contributed by atoms with Crippen molar-refractivity contribution in [2.24, 2.45) is 0 Å². The lowest BCUT2D eigenvalue weighted by Gasteiger charge is -1.83. The summed E-state index contributed by atoms with van der Waals surface area (Å²) in [6, 6.07) is 0. The van der Waals surface area contributed by atoms with Crippen molar-refractivity contribution in [3.63, 3.8) is 0 Å². The van der Waals surface area contributed by atoms with Gasteiger partial charge in [0, 0.05) is 6.42 Å². The van der Waals surface area contributed by atoms with Crippen molar-refractivity contribution < 1.29 is 9.90 Å². The minimum Gasteiger partial charge on any atom is -0.481 e. The molecular weight excluding hydrogens is 244 g/mol. The standard InChI is InChI=1S/C5H4N4O3.C4H8O2/c10-3-1-2(7-4(11)6-1)8-5(12)9-3;1-2-3-4(5)6/h(H4,6,7,8,9,10,11,12);2-3H2,1H3,(H,5,6). The Kier molecular flexibility index (Phi) is 4.24. The normalized spacial score (nSPS) is 9.83. The van der Waals surface area contributed by atoms with E-state index in [-0.39, 0.29) is 11.2 Å².